The summed E-state index contributed by atoms with van der Waals surface area (Å²) in [5, 5.41) is 11.0. The maximum atomic E-state index is 13.6. The van der Waals surface area contributed by atoms with Crippen molar-refractivity contribution >= 4 is 16.8 Å². The molecule has 0 amide bonds. The predicted octanol–water partition coefficient (Wildman–Crippen LogP) is 6.03. The molecule has 0 bridgehead atoms. The summed E-state index contributed by atoms with van der Waals surface area (Å²) in [5.74, 6) is 0.0731. The van der Waals surface area contributed by atoms with E-state index in [1.54, 1.807) is 21.3 Å². The van der Waals surface area contributed by atoms with Gasteiger partial charge in [0.25, 0.3) is 0 Å². The third-order valence-corrected chi connectivity index (χ3v) is 6.46. The Morgan fingerprint density at radius 1 is 0.771 bits per heavy atom. The van der Waals surface area contributed by atoms with Crippen molar-refractivity contribution in [1.82, 2.24) is 9.13 Å². The molecule has 0 radical (unpaired) electrons. The lowest BCUT2D eigenvalue weighted by atomic mass is 9.78. The molecular formula is C30H34N2O3. The standard InChI is InChI=1S/C30H34N2O3/c1-29(2,3)22-16-21(17-23(27(22)34)30(4,5)6)26(33)19-32-25-15-11-10-14-24(25)31(28(32)35)18-20-12-8-7-9-13-20/h7-17,34H,18-19H2,1-6H3. The van der Waals surface area contributed by atoms with Crippen LogP contribution in [0, 0.1) is 0 Å². The first-order chi connectivity index (χ1) is 16.4. The van der Waals surface area contributed by atoms with Gasteiger partial charge >= 0.3 is 5.69 Å². The maximum Gasteiger partial charge on any atom is 0.329 e. The number of para-hydroxylation sites is 2. The topological polar surface area (TPSA) is 64.2 Å². The van der Waals surface area contributed by atoms with Crippen molar-refractivity contribution in [3.8, 4) is 5.75 Å². The van der Waals surface area contributed by atoms with Crippen LogP contribution < -0.4 is 5.69 Å². The number of hydrogen-bond donors (Lipinski definition) is 1. The van der Waals surface area contributed by atoms with E-state index in [-0.39, 0.29) is 34.6 Å². The van der Waals surface area contributed by atoms with Crippen LogP contribution in [0.2, 0.25) is 0 Å². The minimum atomic E-state index is -0.344. The largest absolute Gasteiger partial charge is 0.507 e. The van der Waals surface area contributed by atoms with Crippen molar-refractivity contribution in [1.29, 1.82) is 0 Å². The Hall–Kier alpha value is -3.60. The zero-order valence-electron chi connectivity index (χ0n) is 21.4. The maximum absolute atomic E-state index is 13.6. The van der Waals surface area contributed by atoms with Gasteiger partial charge in [0.2, 0.25) is 0 Å². The van der Waals surface area contributed by atoms with E-state index in [2.05, 4.69) is 0 Å². The van der Waals surface area contributed by atoms with Gasteiger partial charge < -0.3 is 5.11 Å². The fraction of sp³-hybridized carbons (Fsp3) is 0.333. The van der Waals surface area contributed by atoms with Gasteiger partial charge in [0, 0.05) is 16.7 Å². The molecule has 5 heteroatoms. The van der Waals surface area contributed by atoms with Crippen molar-refractivity contribution in [3.05, 3.63) is 99.5 Å². The highest BCUT2D eigenvalue weighted by molar-refractivity contribution is 5.97. The minimum absolute atomic E-state index is 0.0704. The number of hydrogen-bond acceptors (Lipinski definition) is 3. The first kappa shape index (κ1) is 24.5. The van der Waals surface area contributed by atoms with Gasteiger partial charge in [-0.2, -0.15) is 0 Å². The minimum Gasteiger partial charge on any atom is -0.507 e. The Balaban J connectivity index is 1.80. The zero-order valence-corrected chi connectivity index (χ0v) is 21.4. The molecule has 1 N–H and O–H groups in total. The van der Waals surface area contributed by atoms with Crippen LogP contribution in [0.1, 0.15) is 68.6 Å². The number of rotatable bonds is 5. The van der Waals surface area contributed by atoms with Gasteiger partial charge in [-0.1, -0.05) is 84.0 Å². The average molecular weight is 471 g/mol. The van der Waals surface area contributed by atoms with Gasteiger partial charge in [0.1, 0.15) is 5.75 Å². The first-order valence-electron chi connectivity index (χ1n) is 12.0. The molecular weight excluding hydrogens is 436 g/mol. The van der Waals surface area contributed by atoms with E-state index in [0.717, 1.165) is 27.7 Å². The molecule has 4 aromatic rings. The number of carbonyl (C=O) groups is 1. The monoisotopic (exact) mass is 470 g/mol. The number of phenols is 1. The van der Waals surface area contributed by atoms with Crippen LogP contribution in [0.5, 0.6) is 5.75 Å². The molecule has 182 valence electrons. The number of imidazole rings is 1. The summed E-state index contributed by atoms with van der Waals surface area (Å²) in [5.41, 5.74) is 3.61. The molecule has 4 rings (SSSR count). The van der Waals surface area contributed by atoms with E-state index < -0.39 is 0 Å². The third kappa shape index (κ3) is 4.81. The second-order valence-electron chi connectivity index (χ2n) is 11.3. The van der Waals surface area contributed by atoms with E-state index in [4.69, 9.17) is 0 Å². The lowest BCUT2D eigenvalue weighted by Crippen LogP contribution is -2.28. The lowest BCUT2D eigenvalue weighted by Gasteiger charge is -2.28. The number of carbonyl (C=O) groups excluding carboxylic acids is 1. The number of fused-ring (bicyclic) bond motifs is 1. The smallest absolute Gasteiger partial charge is 0.329 e. The lowest BCUT2D eigenvalue weighted by molar-refractivity contribution is 0.0971. The van der Waals surface area contributed by atoms with Gasteiger partial charge in [-0.15, -0.1) is 0 Å². The molecule has 1 aromatic heterocycles. The van der Waals surface area contributed by atoms with Crippen LogP contribution in [0.4, 0.5) is 0 Å². The van der Waals surface area contributed by atoms with Gasteiger partial charge in [-0.05, 0) is 40.7 Å². The molecule has 0 spiro atoms. The highest BCUT2D eigenvalue weighted by Crippen LogP contribution is 2.40. The molecule has 35 heavy (non-hydrogen) atoms. The molecule has 0 saturated carbocycles. The number of Topliss-reactive ketones (excluding diaryl/α,β-unsaturated/α-hetero) is 1. The third-order valence-electron chi connectivity index (χ3n) is 6.46. The van der Waals surface area contributed by atoms with Crippen molar-refractivity contribution in [3.63, 3.8) is 0 Å². The average Bonchev–Trinajstić information content (AvgIpc) is 3.04. The molecule has 0 aliphatic heterocycles. The van der Waals surface area contributed by atoms with E-state index >= 15 is 0 Å². The molecule has 0 aliphatic rings. The van der Waals surface area contributed by atoms with Crippen LogP contribution in [-0.2, 0) is 23.9 Å². The molecule has 0 fully saturated rings. The molecule has 0 aliphatic carbocycles. The second-order valence-corrected chi connectivity index (χ2v) is 11.3. The van der Waals surface area contributed by atoms with Crippen LogP contribution in [0.3, 0.4) is 0 Å². The Labute approximate surface area is 206 Å². The fourth-order valence-corrected chi connectivity index (χ4v) is 4.52. The summed E-state index contributed by atoms with van der Waals surface area (Å²) in [6.45, 7) is 12.5. The molecule has 3 aromatic carbocycles. The normalized spacial score (nSPS) is 12.3. The van der Waals surface area contributed by atoms with Crippen molar-refractivity contribution < 1.29 is 9.90 Å². The Morgan fingerprint density at radius 3 is 1.77 bits per heavy atom. The molecule has 1 heterocycles. The quantitative estimate of drug-likeness (QED) is 0.362. The van der Waals surface area contributed by atoms with E-state index in [1.165, 1.54) is 0 Å². The van der Waals surface area contributed by atoms with Crippen molar-refractivity contribution in [2.24, 2.45) is 0 Å². The van der Waals surface area contributed by atoms with Crippen molar-refractivity contribution in [2.75, 3.05) is 0 Å². The number of aromatic nitrogens is 2. The summed E-state index contributed by atoms with van der Waals surface area (Å²) in [6, 6.07) is 21.0. The highest BCUT2D eigenvalue weighted by Gasteiger charge is 2.28. The number of benzene rings is 3. The summed E-state index contributed by atoms with van der Waals surface area (Å²) >= 11 is 0. The van der Waals surface area contributed by atoms with Gasteiger partial charge in [-0.25, -0.2) is 4.79 Å². The molecule has 0 unspecified atom stereocenters. The van der Waals surface area contributed by atoms with Gasteiger partial charge in [0.05, 0.1) is 24.1 Å². The Kier molecular flexibility index (Phi) is 6.22. The number of aromatic hydroxyl groups is 1. The summed E-state index contributed by atoms with van der Waals surface area (Å²) in [7, 11) is 0. The number of phenolic OH excluding ortho intramolecular Hbond substituents is 1. The molecule has 5 nitrogen and oxygen atoms in total. The fourth-order valence-electron chi connectivity index (χ4n) is 4.52. The zero-order chi connectivity index (χ0) is 25.5. The second kappa shape index (κ2) is 8.88. The van der Waals surface area contributed by atoms with Crippen LogP contribution in [-0.4, -0.2) is 20.0 Å². The molecule has 0 saturated heterocycles. The predicted molar refractivity (Wildman–Crippen MR) is 142 cm³/mol. The van der Waals surface area contributed by atoms with E-state index in [1.807, 2.05) is 96.1 Å². The van der Waals surface area contributed by atoms with Crippen LogP contribution >= 0.6 is 0 Å². The Bertz CT molecular complexity index is 1410. The SMILES string of the molecule is CC(C)(C)c1cc(C(=O)Cn2c(=O)n(Cc3ccccc3)c3ccccc32)cc(C(C)(C)C)c1O. The highest BCUT2D eigenvalue weighted by atomic mass is 16.3. The van der Waals surface area contributed by atoms with Crippen LogP contribution in [0.15, 0.2) is 71.5 Å². The Morgan fingerprint density at radius 2 is 1.26 bits per heavy atom. The number of ketones is 1. The van der Waals surface area contributed by atoms with Crippen LogP contribution in [0.25, 0.3) is 11.0 Å². The van der Waals surface area contributed by atoms with E-state index in [0.29, 0.717) is 12.1 Å². The summed E-state index contributed by atoms with van der Waals surface area (Å²) in [4.78, 5) is 27.1. The number of nitrogens with zero attached hydrogens (tertiary/aromatic N) is 2. The van der Waals surface area contributed by atoms with Gasteiger partial charge in [0.15, 0.2) is 5.78 Å². The van der Waals surface area contributed by atoms with E-state index in [9.17, 15) is 14.7 Å². The molecule has 0 atom stereocenters. The van der Waals surface area contributed by atoms with Gasteiger partial charge in [-0.3, -0.25) is 13.9 Å². The summed E-state index contributed by atoms with van der Waals surface area (Å²) in [6.07, 6.45) is 0. The first-order valence-corrected chi connectivity index (χ1v) is 12.0. The van der Waals surface area contributed by atoms with Crippen molar-refractivity contribution in [2.45, 2.75) is 65.5 Å². The summed E-state index contributed by atoms with van der Waals surface area (Å²) < 4.78 is 3.27.